The first-order valence-electron chi connectivity index (χ1n) is 10.1. The van der Waals surface area contributed by atoms with Crippen molar-refractivity contribution in [1.82, 2.24) is 14.7 Å². The van der Waals surface area contributed by atoms with Gasteiger partial charge in [-0.3, -0.25) is 4.68 Å². The van der Waals surface area contributed by atoms with Gasteiger partial charge in [0.15, 0.2) is 9.84 Å². The highest BCUT2D eigenvalue weighted by Gasteiger charge is 2.33. The summed E-state index contributed by atoms with van der Waals surface area (Å²) in [5.74, 6) is 0.387. The van der Waals surface area contributed by atoms with Crippen molar-refractivity contribution < 1.29 is 13.2 Å². The van der Waals surface area contributed by atoms with Gasteiger partial charge in [0, 0.05) is 36.9 Å². The molecule has 162 valence electrons. The molecule has 1 N–H and O–H groups in total. The Kier molecular flexibility index (Phi) is 5.67. The number of hydrogen-bond acceptors (Lipinski definition) is 5. The largest absolute Gasteiger partial charge is 0.365 e. The van der Waals surface area contributed by atoms with Crippen LogP contribution in [0.25, 0.3) is 0 Å². The molecule has 4 rings (SSSR count). The summed E-state index contributed by atoms with van der Waals surface area (Å²) in [5, 5.41) is 8.12. The van der Waals surface area contributed by atoms with Crippen LogP contribution in [0.3, 0.4) is 0 Å². The predicted octanol–water partition coefficient (Wildman–Crippen LogP) is 2.87. The summed E-state index contributed by atoms with van der Waals surface area (Å²) in [6.07, 6.45) is 0.612. The van der Waals surface area contributed by atoms with Crippen LogP contribution in [0.4, 0.5) is 16.2 Å². The number of aromatic nitrogens is 2. The summed E-state index contributed by atoms with van der Waals surface area (Å²) in [6, 6.07) is 6.87. The van der Waals surface area contributed by atoms with Crippen LogP contribution in [0.15, 0.2) is 24.3 Å². The Hall–Kier alpha value is -2.26. The van der Waals surface area contributed by atoms with Gasteiger partial charge in [-0.25, -0.2) is 13.2 Å². The highest BCUT2D eigenvalue weighted by Crippen LogP contribution is 2.31. The summed E-state index contributed by atoms with van der Waals surface area (Å²) < 4.78 is 25.6. The number of piperazine rings is 1. The van der Waals surface area contributed by atoms with E-state index in [2.05, 4.69) is 15.3 Å². The smallest absolute Gasteiger partial charge is 0.321 e. The lowest BCUT2D eigenvalue weighted by Gasteiger charge is -2.36. The molecular formula is C20H26ClN5O3S. The Bertz CT molecular complexity index is 1060. The van der Waals surface area contributed by atoms with Crippen LogP contribution in [-0.4, -0.2) is 66.8 Å². The molecule has 2 aliphatic rings. The fourth-order valence-corrected chi connectivity index (χ4v) is 6.22. The van der Waals surface area contributed by atoms with E-state index < -0.39 is 9.84 Å². The predicted molar refractivity (Wildman–Crippen MR) is 118 cm³/mol. The van der Waals surface area contributed by atoms with Crippen LogP contribution in [0.1, 0.15) is 23.9 Å². The van der Waals surface area contributed by atoms with Gasteiger partial charge in [-0.05, 0) is 38.5 Å². The van der Waals surface area contributed by atoms with Crippen LogP contribution < -0.4 is 10.2 Å². The summed E-state index contributed by atoms with van der Waals surface area (Å²) in [5.41, 5.74) is 3.61. The van der Waals surface area contributed by atoms with Gasteiger partial charge in [-0.1, -0.05) is 17.7 Å². The number of sulfone groups is 1. The third-order valence-electron chi connectivity index (χ3n) is 5.80. The molecule has 1 unspecified atom stereocenters. The Morgan fingerprint density at radius 3 is 2.57 bits per heavy atom. The molecule has 1 aromatic heterocycles. The fourth-order valence-electron chi connectivity index (χ4n) is 4.34. The maximum atomic E-state index is 12.6. The maximum absolute atomic E-state index is 12.6. The number of amides is 2. The summed E-state index contributed by atoms with van der Waals surface area (Å²) >= 11 is 5.98. The molecule has 10 heteroatoms. The van der Waals surface area contributed by atoms with Gasteiger partial charge in [-0.15, -0.1) is 0 Å². The lowest BCUT2D eigenvalue weighted by molar-refractivity contribution is 0.208. The molecule has 2 saturated heterocycles. The molecule has 0 spiro atoms. The number of anilines is 2. The van der Waals surface area contributed by atoms with Crippen LogP contribution in [0.2, 0.25) is 5.02 Å². The van der Waals surface area contributed by atoms with Crippen LogP contribution in [-0.2, 0) is 9.84 Å². The van der Waals surface area contributed by atoms with Crippen molar-refractivity contribution in [2.24, 2.45) is 0 Å². The lowest BCUT2D eigenvalue weighted by atomic mass is 10.2. The highest BCUT2D eigenvalue weighted by molar-refractivity contribution is 7.91. The van der Waals surface area contributed by atoms with Gasteiger partial charge in [-0.2, -0.15) is 5.10 Å². The topological polar surface area (TPSA) is 87.5 Å². The molecule has 2 fully saturated rings. The number of nitrogens with one attached hydrogen (secondary N) is 1. The Labute approximate surface area is 181 Å². The average molecular weight is 452 g/mol. The van der Waals surface area contributed by atoms with Gasteiger partial charge in [0.05, 0.1) is 34.6 Å². The van der Waals surface area contributed by atoms with E-state index in [1.165, 1.54) is 0 Å². The van der Waals surface area contributed by atoms with Gasteiger partial charge in [0.25, 0.3) is 0 Å². The number of benzene rings is 1. The molecule has 30 heavy (non-hydrogen) atoms. The fraction of sp³-hybridized carbons (Fsp3) is 0.500. The summed E-state index contributed by atoms with van der Waals surface area (Å²) in [4.78, 5) is 16.6. The number of nitrogens with zero attached hydrogens (tertiary/aromatic N) is 4. The molecule has 0 radical (unpaired) electrons. The number of carbonyl (C=O) groups is 1. The minimum atomic E-state index is -2.97. The Morgan fingerprint density at radius 2 is 1.93 bits per heavy atom. The SMILES string of the molecule is Cc1nn(C2CCS(=O)(=O)C2)c(C)c1N1CCN(C(=O)Nc2cccc(Cl)c2)CC1. The quantitative estimate of drug-likeness (QED) is 0.775. The zero-order chi connectivity index (χ0) is 21.5. The Balaban J connectivity index is 1.41. The zero-order valence-electron chi connectivity index (χ0n) is 17.1. The molecule has 3 heterocycles. The van der Waals surface area contributed by atoms with Crippen molar-refractivity contribution >= 4 is 38.8 Å². The van der Waals surface area contributed by atoms with E-state index in [0.29, 0.717) is 43.3 Å². The van der Waals surface area contributed by atoms with Crippen molar-refractivity contribution in [2.75, 3.05) is 47.9 Å². The van der Waals surface area contributed by atoms with Gasteiger partial charge in [0.1, 0.15) is 0 Å². The first-order chi connectivity index (χ1) is 14.2. The van der Waals surface area contributed by atoms with Crippen LogP contribution in [0, 0.1) is 13.8 Å². The summed E-state index contributed by atoms with van der Waals surface area (Å²) in [7, 11) is -2.97. The van der Waals surface area contributed by atoms with Crippen molar-refractivity contribution in [3.05, 3.63) is 40.7 Å². The third-order valence-corrected chi connectivity index (χ3v) is 7.79. The number of urea groups is 1. The van der Waals surface area contributed by atoms with E-state index in [1.54, 1.807) is 23.1 Å². The van der Waals surface area contributed by atoms with Crippen molar-refractivity contribution in [1.29, 1.82) is 0 Å². The molecule has 0 bridgehead atoms. The van der Waals surface area contributed by atoms with Gasteiger partial charge < -0.3 is 15.1 Å². The first kappa shape index (κ1) is 21.0. The number of halogens is 1. The number of aryl methyl sites for hydroxylation is 1. The van der Waals surface area contributed by atoms with Crippen molar-refractivity contribution in [2.45, 2.75) is 26.3 Å². The van der Waals surface area contributed by atoms with E-state index in [1.807, 2.05) is 24.6 Å². The summed E-state index contributed by atoms with van der Waals surface area (Å²) in [6.45, 7) is 6.53. The standard InChI is InChI=1S/C20H26ClN5O3S/c1-14-19(15(2)26(23-14)18-6-11-30(28,29)13-18)24-7-9-25(10-8-24)20(27)22-17-5-3-4-16(21)12-17/h3-5,12,18H,6-11,13H2,1-2H3,(H,22,27). The number of hydrogen-bond donors (Lipinski definition) is 1. The zero-order valence-corrected chi connectivity index (χ0v) is 18.7. The van der Waals surface area contributed by atoms with E-state index in [9.17, 15) is 13.2 Å². The second-order valence-corrected chi connectivity index (χ2v) is 10.6. The molecular weight excluding hydrogens is 426 g/mol. The normalized spacial score (nSPS) is 21.1. The second-order valence-electron chi connectivity index (χ2n) is 7.94. The van der Waals surface area contributed by atoms with E-state index >= 15 is 0 Å². The maximum Gasteiger partial charge on any atom is 0.321 e. The van der Waals surface area contributed by atoms with E-state index in [4.69, 9.17) is 11.6 Å². The second kappa shape index (κ2) is 8.11. The highest BCUT2D eigenvalue weighted by atomic mass is 35.5. The molecule has 2 aliphatic heterocycles. The molecule has 0 aliphatic carbocycles. The molecule has 0 saturated carbocycles. The monoisotopic (exact) mass is 451 g/mol. The van der Waals surface area contributed by atoms with Gasteiger partial charge >= 0.3 is 6.03 Å². The van der Waals surface area contributed by atoms with E-state index in [-0.39, 0.29) is 23.6 Å². The lowest BCUT2D eigenvalue weighted by Crippen LogP contribution is -2.50. The minimum absolute atomic E-state index is 0.0905. The first-order valence-corrected chi connectivity index (χ1v) is 12.3. The van der Waals surface area contributed by atoms with Crippen molar-refractivity contribution in [3.63, 3.8) is 0 Å². The average Bonchev–Trinajstić information content (AvgIpc) is 3.20. The molecule has 1 aromatic carbocycles. The van der Waals surface area contributed by atoms with Gasteiger partial charge in [0.2, 0.25) is 0 Å². The molecule has 2 amide bonds. The Morgan fingerprint density at radius 1 is 1.20 bits per heavy atom. The molecule has 8 nitrogen and oxygen atoms in total. The van der Waals surface area contributed by atoms with Crippen LogP contribution >= 0.6 is 11.6 Å². The third kappa shape index (κ3) is 4.27. The van der Waals surface area contributed by atoms with E-state index in [0.717, 1.165) is 17.1 Å². The van der Waals surface area contributed by atoms with Crippen LogP contribution in [0.5, 0.6) is 0 Å². The number of carbonyl (C=O) groups excluding carboxylic acids is 1. The molecule has 1 atom stereocenters. The van der Waals surface area contributed by atoms with Crippen molar-refractivity contribution in [3.8, 4) is 0 Å². The minimum Gasteiger partial charge on any atom is -0.365 e. The molecule has 2 aromatic rings. The number of rotatable bonds is 3.